The van der Waals surface area contributed by atoms with Gasteiger partial charge in [0.1, 0.15) is 5.82 Å². The normalized spacial score (nSPS) is 25.8. The zero-order valence-corrected chi connectivity index (χ0v) is 10.6. The summed E-state index contributed by atoms with van der Waals surface area (Å²) in [5, 5.41) is 0. The van der Waals surface area contributed by atoms with Crippen LogP contribution >= 0.6 is 11.6 Å². The van der Waals surface area contributed by atoms with Crippen molar-refractivity contribution >= 4 is 17.4 Å². The fourth-order valence-electron chi connectivity index (χ4n) is 2.21. The van der Waals surface area contributed by atoms with Crippen LogP contribution in [0.5, 0.6) is 0 Å². The summed E-state index contributed by atoms with van der Waals surface area (Å²) in [5.41, 5.74) is 0.851. The lowest BCUT2D eigenvalue weighted by Crippen LogP contribution is -2.41. The molecule has 1 aliphatic heterocycles. The van der Waals surface area contributed by atoms with Gasteiger partial charge in [-0.3, -0.25) is 4.98 Å². The van der Waals surface area contributed by atoms with Gasteiger partial charge in [-0.15, -0.1) is 11.6 Å². The van der Waals surface area contributed by atoms with Gasteiger partial charge in [-0.2, -0.15) is 0 Å². The Morgan fingerprint density at radius 3 is 2.94 bits per heavy atom. The fraction of sp³-hybridized carbons (Fsp3) is 0.667. The molecular weight excluding hydrogens is 222 g/mol. The van der Waals surface area contributed by atoms with Gasteiger partial charge in [-0.1, -0.05) is 6.92 Å². The van der Waals surface area contributed by atoms with Gasteiger partial charge in [-0.05, 0) is 25.7 Å². The molecule has 2 unspecified atom stereocenters. The van der Waals surface area contributed by atoms with E-state index in [2.05, 4.69) is 28.7 Å². The highest BCUT2D eigenvalue weighted by atomic mass is 35.5. The fourth-order valence-corrected chi connectivity index (χ4v) is 2.33. The number of hydrogen-bond acceptors (Lipinski definition) is 3. The first-order chi connectivity index (χ1) is 7.70. The lowest BCUT2D eigenvalue weighted by atomic mass is 9.95. The Kier molecular flexibility index (Phi) is 3.64. The molecule has 88 valence electrons. The molecule has 0 aliphatic carbocycles. The molecule has 2 rings (SSSR count). The van der Waals surface area contributed by atoms with E-state index in [9.17, 15) is 0 Å². The Morgan fingerprint density at radius 2 is 2.19 bits per heavy atom. The third kappa shape index (κ3) is 2.46. The summed E-state index contributed by atoms with van der Waals surface area (Å²) in [6, 6.07) is 0.552. The van der Waals surface area contributed by atoms with Crippen LogP contribution in [0.15, 0.2) is 12.4 Å². The van der Waals surface area contributed by atoms with Crippen LogP contribution in [0.25, 0.3) is 0 Å². The summed E-state index contributed by atoms with van der Waals surface area (Å²) in [5.74, 6) is 2.13. The summed E-state index contributed by atoms with van der Waals surface area (Å²) in [6.07, 6.45) is 6.10. The predicted octanol–water partition coefficient (Wildman–Crippen LogP) is 2.84. The van der Waals surface area contributed by atoms with Crippen LogP contribution in [-0.2, 0) is 5.88 Å². The monoisotopic (exact) mass is 239 g/mol. The molecule has 0 bridgehead atoms. The maximum atomic E-state index is 5.78. The Morgan fingerprint density at radius 1 is 1.38 bits per heavy atom. The van der Waals surface area contributed by atoms with Crippen molar-refractivity contribution in [2.45, 2.75) is 38.6 Å². The molecule has 0 saturated carbocycles. The molecule has 3 nitrogen and oxygen atoms in total. The molecule has 0 amide bonds. The Labute approximate surface area is 102 Å². The highest BCUT2D eigenvalue weighted by molar-refractivity contribution is 6.16. The summed E-state index contributed by atoms with van der Waals surface area (Å²) in [6.45, 7) is 5.61. The van der Waals surface area contributed by atoms with E-state index in [0.29, 0.717) is 11.9 Å². The van der Waals surface area contributed by atoms with E-state index in [0.717, 1.165) is 24.0 Å². The van der Waals surface area contributed by atoms with Crippen molar-refractivity contribution < 1.29 is 0 Å². The van der Waals surface area contributed by atoms with Gasteiger partial charge in [-0.25, -0.2) is 4.98 Å². The lowest BCUT2D eigenvalue weighted by Gasteiger charge is -2.37. The zero-order valence-electron chi connectivity index (χ0n) is 9.86. The van der Waals surface area contributed by atoms with Gasteiger partial charge in [0.25, 0.3) is 0 Å². The molecule has 2 atom stereocenters. The first-order valence-electron chi connectivity index (χ1n) is 5.84. The molecule has 1 aliphatic rings. The van der Waals surface area contributed by atoms with E-state index < -0.39 is 0 Å². The maximum absolute atomic E-state index is 5.78. The number of piperidine rings is 1. The van der Waals surface area contributed by atoms with Crippen molar-refractivity contribution in [3.8, 4) is 0 Å². The Bertz CT molecular complexity index is 356. The first kappa shape index (κ1) is 11.6. The molecule has 0 spiro atoms. The Hall–Kier alpha value is -0.830. The van der Waals surface area contributed by atoms with Crippen molar-refractivity contribution in [3.05, 3.63) is 18.1 Å². The van der Waals surface area contributed by atoms with E-state index in [1.54, 1.807) is 6.20 Å². The lowest BCUT2D eigenvalue weighted by molar-refractivity contribution is 0.387. The smallest absolute Gasteiger partial charge is 0.147 e. The van der Waals surface area contributed by atoms with Gasteiger partial charge >= 0.3 is 0 Å². The van der Waals surface area contributed by atoms with Gasteiger partial charge in [0, 0.05) is 18.8 Å². The second-order valence-corrected chi connectivity index (χ2v) is 4.95. The summed E-state index contributed by atoms with van der Waals surface area (Å²) < 4.78 is 0. The van der Waals surface area contributed by atoms with Crippen molar-refractivity contribution in [2.24, 2.45) is 5.92 Å². The van der Waals surface area contributed by atoms with Crippen LogP contribution in [0.3, 0.4) is 0 Å². The molecule has 0 N–H and O–H groups in total. The number of halogens is 1. The van der Waals surface area contributed by atoms with Crippen LogP contribution in [0.1, 0.15) is 32.4 Å². The van der Waals surface area contributed by atoms with Crippen molar-refractivity contribution in [1.29, 1.82) is 0 Å². The average molecular weight is 240 g/mol. The SMILES string of the molecule is CC1CCC(C)N(c2cncc(CCl)n2)C1. The van der Waals surface area contributed by atoms with Gasteiger partial charge in [0.15, 0.2) is 0 Å². The van der Waals surface area contributed by atoms with E-state index in [1.807, 2.05) is 6.20 Å². The standard InChI is InChI=1S/C12H18ClN3/c1-9-3-4-10(2)16(8-9)12-7-14-6-11(5-13)15-12/h6-7,9-10H,3-5,8H2,1-2H3. The second-order valence-electron chi connectivity index (χ2n) is 4.69. The highest BCUT2D eigenvalue weighted by Gasteiger charge is 2.24. The van der Waals surface area contributed by atoms with Crippen LogP contribution in [0.2, 0.25) is 0 Å². The molecule has 4 heteroatoms. The van der Waals surface area contributed by atoms with Gasteiger partial charge in [0.2, 0.25) is 0 Å². The highest BCUT2D eigenvalue weighted by Crippen LogP contribution is 2.25. The summed E-state index contributed by atoms with van der Waals surface area (Å²) >= 11 is 5.78. The van der Waals surface area contributed by atoms with Crippen molar-refractivity contribution in [1.82, 2.24) is 9.97 Å². The number of nitrogens with zero attached hydrogens (tertiary/aromatic N) is 3. The number of anilines is 1. The summed E-state index contributed by atoms with van der Waals surface area (Å²) in [4.78, 5) is 11.1. The minimum atomic E-state index is 0.429. The van der Waals surface area contributed by atoms with Crippen LogP contribution < -0.4 is 4.90 Å². The molecule has 16 heavy (non-hydrogen) atoms. The first-order valence-corrected chi connectivity index (χ1v) is 6.37. The van der Waals surface area contributed by atoms with Gasteiger partial charge < -0.3 is 4.90 Å². The van der Waals surface area contributed by atoms with E-state index in [-0.39, 0.29) is 0 Å². The molecule has 2 heterocycles. The van der Waals surface area contributed by atoms with Gasteiger partial charge in [0.05, 0.1) is 17.8 Å². The molecule has 1 fully saturated rings. The third-order valence-electron chi connectivity index (χ3n) is 3.22. The van der Waals surface area contributed by atoms with Crippen LogP contribution in [0, 0.1) is 5.92 Å². The van der Waals surface area contributed by atoms with Crippen molar-refractivity contribution in [3.63, 3.8) is 0 Å². The minimum Gasteiger partial charge on any atom is -0.352 e. The van der Waals surface area contributed by atoms with E-state index in [4.69, 9.17) is 11.6 Å². The summed E-state index contributed by atoms with van der Waals surface area (Å²) in [7, 11) is 0. The molecule has 1 aromatic heterocycles. The third-order valence-corrected chi connectivity index (χ3v) is 3.49. The van der Waals surface area contributed by atoms with E-state index >= 15 is 0 Å². The van der Waals surface area contributed by atoms with E-state index in [1.165, 1.54) is 12.8 Å². The second kappa shape index (κ2) is 5.00. The Balaban J connectivity index is 2.20. The van der Waals surface area contributed by atoms with Crippen LogP contribution in [0.4, 0.5) is 5.82 Å². The van der Waals surface area contributed by atoms with Crippen molar-refractivity contribution in [2.75, 3.05) is 11.4 Å². The predicted molar refractivity (Wildman–Crippen MR) is 66.8 cm³/mol. The minimum absolute atomic E-state index is 0.429. The molecule has 0 radical (unpaired) electrons. The number of alkyl halides is 1. The molecule has 1 aromatic rings. The average Bonchev–Trinajstić information content (AvgIpc) is 2.32. The molecular formula is C12H18ClN3. The van der Waals surface area contributed by atoms with Crippen LogP contribution in [-0.4, -0.2) is 22.6 Å². The molecule has 1 saturated heterocycles. The molecule has 0 aromatic carbocycles. The largest absolute Gasteiger partial charge is 0.352 e. The number of aromatic nitrogens is 2. The number of rotatable bonds is 2. The number of hydrogen-bond donors (Lipinski definition) is 0. The maximum Gasteiger partial charge on any atom is 0.147 e. The zero-order chi connectivity index (χ0) is 11.5. The topological polar surface area (TPSA) is 29.0 Å². The quantitative estimate of drug-likeness (QED) is 0.744.